The molecule has 0 aliphatic rings. The number of nitrogens with one attached hydrogen (secondary N) is 2. The molecule has 8 heteroatoms. The standard InChI is InChI=1S/C8H10N6O2/c1-4-11-7(13-12-4)8(15)9-3-6-10-5(2)14-16-6/h3H2,1-2H3,(H,9,15)(H,11,12,13). The summed E-state index contributed by atoms with van der Waals surface area (Å²) >= 11 is 0. The number of aromatic nitrogens is 5. The Morgan fingerprint density at radius 2 is 2.25 bits per heavy atom. The average molecular weight is 222 g/mol. The van der Waals surface area contributed by atoms with Crippen molar-refractivity contribution in [2.75, 3.05) is 0 Å². The van der Waals surface area contributed by atoms with Gasteiger partial charge in [-0.25, -0.2) is 4.98 Å². The predicted molar refractivity (Wildman–Crippen MR) is 51.3 cm³/mol. The van der Waals surface area contributed by atoms with Crippen LogP contribution in [-0.4, -0.2) is 31.2 Å². The number of carbonyl (C=O) groups is 1. The first-order valence-electron chi connectivity index (χ1n) is 4.61. The number of amides is 1. The first kappa shape index (κ1) is 10.3. The number of nitrogens with zero attached hydrogens (tertiary/aromatic N) is 4. The third kappa shape index (κ3) is 2.22. The highest BCUT2D eigenvalue weighted by Crippen LogP contribution is 1.96. The lowest BCUT2D eigenvalue weighted by molar-refractivity contribution is 0.0936. The van der Waals surface area contributed by atoms with E-state index in [0.717, 1.165) is 0 Å². The zero-order chi connectivity index (χ0) is 11.5. The minimum Gasteiger partial charge on any atom is -0.340 e. The third-order valence-electron chi connectivity index (χ3n) is 1.77. The summed E-state index contributed by atoms with van der Waals surface area (Å²) in [5, 5.41) is 12.5. The molecule has 0 spiro atoms. The van der Waals surface area contributed by atoms with Crippen molar-refractivity contribution in [3.63, 3.8) is 0 Å². The Bertz CT molecular complexity index is 502. The van der Waals surface area contributed by atoms with Crippen molar-refractivity contribution < 1.29 is 9.32 Å². The minimum absolute atomic E-state index is 0.0914. The summed E-state index contributed by atoms with van der Waals surface area (Å²) in [4.78, 5) is 19.3. The van der Waals surface area contributed by atoms with E-state index in [1.165, 1.54) is 0 Å². The van der Waals surface area contributed by atoms with Gasteiger partial charge < -0.3 is 9.84 Å². The van der Waals surface area contributed by atoms with Gasteiger partial charge in [-0.1, -0.05) is 5.16 Å². The number of rotatable bonds is 3. The number of hydrogen-bond donors (Lipinski definition) is 2. The molecule has 0 atom stereocenters. The van der Waals surface area contributed by atoms with Crippen molar-refractivity contribution >= 4 is 5.91 Å². The molecule has 0 unspecified atom stereocenters. The van der Waals surface area contributed by atoms with Crippen LogP contribution in [0.25, 0.3) is 0 Å². The highest BCUT2D eigenvalue weighted by atomic mass is 16.5. The molecule has 16 heavy (non-hydrogen) atoms. The van der Waals surface area contributed by atoms with Gasteiger partial charge in [0.1, 0.15) is 5.82 Å². The van der Waals surface area contributed by atoms with Gasteiger partial charge in [0.2, 0.25) is 11.7 Å². The van der Waals surface area contributed by atoms with E-state index in [4.69, 9.17) is 4.52 Å². The Morgan fingerprint density at radius 1 is 1.44 bits per heavy atom. The van der Waals surface area contributed by atoms with Gasteiger partial charge in [0, 0.05) is 0 Å². The van der Waals surface area contributed by atoms with Crippen LogP contribution in [0.1, 0.15) is 28.2 Å². The lowest BCUT2D eigenvalue weighted by atomic mass is 10.5. The van der Waals surface area contributed by atoms with Gasteiger partial charge in [-0.15, -0.1) is 5.10 Å². The van der Waals surface area contributed by atoms with Crippen LogP contribution in [0.4, 0.5) is 0 Å². The first-order chi connectivity index (χ1) is 7.65. The van der Waals surface area contributed by atoms with Crippen LogP contribution in [0.2, 0.25) is 0 Å². The second kappa shape index (κ2) is 4.09. The Morgan fingerprint density at radius 3 is 2.81 bits per heavy atom. The largest absolute Gasteiger partial charge is 0.340 e. The van der Waals surface area contributed by atoms with E-state index in [9.17, 15) is 4.79 Å². The quantitative estimate of drug-likeness (QED) is 0.740. The van der Waals surface area contributed by atoms with Crippen molar-refractivity contribution in [2.45, 2.75) is 20.4 Å². The van der Waals surface area contributed by atoms with E-state index in [2.05, 4.69) is 30.6 Å². The van der Waals surface area contributed by atoms with Crippen LogP contribution in [0.5, 0.6) is 0 Å². The molecule has 0 fully saturated rings. The van der Waals surface area contributed by atoms with Gasteiger partial charge in [-0.05, 0) is 13.8 Å². The van der Waals surface area contributed by atoms with E-state index >= 15 is 0 Å². The van der Waals surface area contributed by atoms with E-state index < -0.39 is 0 Å². The summed E-state index contributed by atoms with van der Waals surface area (Å²) < 4.78 is 4.83. The molecule has 2 heterocycles. The van der Waals surface area contributed by atoms with Crippen molar-refractivity contribution in [3.05, 3.63) is 23.4 Å². The number of carbonyl (C=O) groups excluding carboxylic acids is 1. The van der Waals surface area contributed by atoms with Crippen molar-refractivity contribution in [1.82, 2.24) is 30.6 Å². The van der Waals surface area contributed by atoms with Crippen molar-refractivity contribution in [2.24, 2.45) is 0 Å². The Balaban J connectivity index is 1.93. The molecule has 2 aromatic rings. The molecule has 0 aliphatic carbocycles. The second-order valence-corrected chi connectivity index (χ2v) is 3.16. The molecular formula is C8H10N6O2. The molecular weight excluding hydrogens is 212 g/mol. The molecule has 0 saturated heterocycles. The molecule has 0 saturated carbocycles. The van der Waals surface area contributed by atoms with E-state index in [1.54, 1.807) is 13.8 Å². The predicted octanol–water partition coefficient (Wildman–Crippen LogP) is -0.265. The molecule has 0 aromatic carbocycles. The highest BCUT2D eigenvalue weighted by Gasteiger charge is 2.12. The zero-order valence-corrected chi connectivity index (χ0v) is 8.81. The SMILES string of the molecule is Cc1noc(CNC(=O)c2n[nH]c(C)n2)n1. The van der Waals surface area contributed by atoms with E-state index in [0.29, 0.717) is 17.5 Å². The lowest BCUT2D eigenvalue weighted by Crippen LogP contribution is -2.24. The summed E-state index contributed by atoms with van der Waals surface area (Å²) in [6.45, 7) is 3.58. The van der Waals surface area contributed by atoms with Gasteiger partial charge in [0.25, 0.3) is 5.91 Å². The molecule has 1 amide bonds. The van der Waals surface area contributed by atoms with Gasteiger partial charge in [-0.2, -0.15) is 4.98 Å². The number of H-pyrrole nitrogens is 1. The van der Waals surface area contributed by atoms with E-state index in [1.807, 2.05) is 0 Å². The molecule has 0 aliphatic heterocycles. The smallest absolute Gasteiger partial charge is 0.291 e. The Kier molecular flexibility index (Phi) is 2.63. The summed E-state index contributed by atoms with van der Waals surface area (Å²) in [6.07, 6.45) is 0. The maximum Gasteiger partial charge on any atom is 0.291 e. The Hall–Kier alpha value is -2.25. The maximum absolute atomic E-state index is 11.5. The normalized spacial score (nSPS) is 10.4. The fraction of sp³-hybridized carbons (Fsp3) is 0.375. The molecule has 84 valence electrons. The zero-order valence-electron chi connectivity index (χ0n) is 8.81. The van der Waals surface area contributed by atoms with Gasteiger partial charge in [-0.3, -0.25) is 9.89 Å². The van der Waals surface area contributed by atoms with Crippen molar-refractivity contribution in [3.8, 4) is 0 Å². The monoisotopic (exact) mass is 222 g/mol. The van der Waals surface area contributed by atoms with E-state index in [-0.39, 0.29) is 18.3 Å². The van der Waals surface area contributed by atoms with Crippen LogP contribution in [-0.2, 0) is 6.54 Å². The number of aromatic amines is 1. The van der Waals surface area contributed by atoms with Crippen molar-refractivity contribution in [1.29, 1.82) is 0 Å². The average Bonchev–Trinajstić information content (AvgIpc) is 2.84. The lowest BCUT2D eigenvalue weighted by Gasteiger charge is -1.96. The highest BCUT2D eigenvalue weighted by molar-refractivity contribution is 5.90. The summed E-state index contributed by atoms with van der Waals surface area (Å²) in [5.41, 5.74) is 0. The Labute approximate surface area is 90.5 Å². The van der Waals surface area contributed by atoms with Gasteiger partial charge in [0.05, 0.1) is 6.54 Å². The number of aryl methyl sites for hydroxylation is 2. The summed E-state index contributed by atoms with van der Waals surface area (Å²) in [7, 11) is 0. The number of hydrogen-bond acceptors (Lipinski definition) is 6. The second-order valence-electron chi connectivity index (χ2n) is 3.16. The van der Waals surface area contributed by atoms with Crippen LogP contribution in [0.15, 0.2) is 4.52 Å². The van der Waals surface area contributed by atoms with Gasteiger partial charge in [0.15, 0.2) is 5.82 Å². The third-order valence-corrected chi connectivity index (χ3v) is 1.77. The van der Waals surface area contributed by atoms with Crippen LogP contribution in [0, 0.1) is 13.8 Å². The van der Waals surface area contributed by atoms with Crippen LogP contribution < -0.4 is 5.32 Å². The first-order valence-corrected chi connectivity index (χ1v) is 4.61. The fourth-order valence-corrected chi connectivity index (χ4v) is 1.09. The molecule has 0 bridgehead atoms. The maximum atomic E-state index is 11.5. The topological polar surface area (TPSA) is 110 Å². The van der Waals surface area contributed by atoms with Crippen LogP contribution >= 0.6 is 0 Å². The molecule has 2 aromatic heterocycles. The molecule has 2 rings (SSSR count). The summed E-state index contributed by atoms with van der Waals surface area (Å²) in [6, 6.07) is 0. The molecule has 2 N–H and O–H groups in total. The fourth-order valence-electron chi connectivity index (χ4n) is 1.09. The summed E-state index contributed by atoms with van der Waals surface area (Å²) in [5.74, 6) is 1.16. The molecule has 0 radical (unpaired) electrons. The minimum atomic E-state index is -0.389. The molecule has 8 nitrogen and oxygen atoms in total. The van der Waals surface area contributed by atoms with Gasteiger partial charge >= 0.3 is 0 Å². The van der Waals surface area contributed by atoms with Crippen LogP contribution in [0.3, 0.4) is 0 Å².